The summed E-state index contributed by atoms with van der Waals surface area (Å²) < 4.78 is 32.1. The summed E-state index contributed by atoms with van der Waals surface area (Å²) in [7, 11) is -3.51. The van der Waals surface area contributed by atoms with Gasteiger partial charge < -0.3 is 10.5 Å². The largest absolute Gasteiger partial charge is 0.492 e. The molecule has 0 saturated carbocycles. The number of halogens is 1. The van der Waals surface area contributed by atoms with E-state index in [-0.39, 0.29) is 12.4 Å². The zero-order chi connectivity index (χ0) is 15.3. The number of sulfonamides is 1. The van der Waals surface area contributed by atoms with Crippen LogP contribution >= 0.6 is 15.9 Å². The highest BCUT2D eigenvalue weighted by atomic mass is 79.9. The van der Waals surface area contributed by atoms with Crippen LogP contribution in [-0.2, 0) is 10.0 Å². The predicted molar refractivity (Wildman–Crippen MR) is 85.7 cm³/mol. The first-order chi connectivity index (χ1) is 9.96. The molecule has 8 heteroatoms. The summed E-state index contributed by atoms with van der Waals surface area (Å²) in [5, 5.41) is 0. The van der Waals surface area contributed by atoms with E-state index in [0.29, 0.717) is 21.7 Å². The summed E-state index contributed by atoms with van der Waals surface area (Å²) >= 11 is 3.18. The van der Waals surface area contributed by atoms with Gasteiger partial charge in [-0.05, 0) is 52.3 Å². The van der Waals surface area contributed by atoms with Crippen molar-refractivity contribution in [1.82, 2.24) is 4.98 Å². The Labute approximate surface area is 131 Å². The molecule has 0 fully saturated rings. The molecule has 1 aromatic carbocycles. The summed E-state index contributed by atoms with van der Waals surface area (Å²) in [5.74, 6) is 0.403. The second kappa shape index (κ2) is 6.77. The summed E-state index contributed by atoms with van der Waals surface area (Å²) in [4.78, 5) is 3.95. The van der Waals surface area contributed by atoms with Crippen molar-refractivity contribution in [2.75, 3.05) is 22.8 Å². The van der Waals surface area contributed by atoms with Crippen LogP contribution in [0.1, 0.15) is 0 Å². The van der Waals surface area contributed by atoms with Crippen LogP contribution in [0.3, 0.4) is 0 Å². The number of nitrogens with two attached hydrogens (primary N) is 1. The van der Waals surface area contributed by atoms with Crippen molar-refractivity contribution in [3.05, 3.63) is 47.2 Å². The van der Waals surface area contributed by atoms with Crippen LogP contribution in [0.15, 0.2) is 47.2 Å². The summed E-state index contributed by atoms with van der Waals surface area (Å²) in [6.45, 7) is 0.0388. The molecule has 0 bridgehead atoms. The molecule has 1 heterocycles. The van der Waals surface area contributed by atoms with Gasteiger partial charge in [0, 0.05) is 11.9 Å². The Balaban J connectivity index is 1.90. The van der Waals surface area contributed by atoms with Crippen molar-refractivity contribution in [2.24, 2.45) is 0 Å². The Hall–Kier alpha value is -1.80. The minimum Gasteiger partial charge on any atom is -0.492 e. The highest BCUT2D eigenvalue weighted by Crippen LogP contribution is 2.19. The monoisotopic (exact) mass is 371 g/mol. The molecule has 2 rings (SSSR count). The lowest BCUT2D eigenvalue weighted by molar-refractivity contribution is 0.341. The smallest absolute Gasteiger partial charge is 0.236 e. The molecular weight excluding hydrogens is 358 g/mol. The maximum absolute atomic E-state index is 11.9. The van der Waals surface area contributed by atoms with E-state index in [1.807, 2.05) is 0 Å². The molecule has 6 nitrogen and oxygen atoms in total. The van der Waals surface area contributed by atoms with Gasteiger partial charge in [0.1, 0.15) is 22.7 Å². The average molecular weight is 372 g/mol. The molecule has 0 spiro atoms. The number of ether oxygens (including phenoxy) is 1. The number of nitrogens with zero attached hydrogens (tertiary/aromatic N) is 1. The van der Waals surface area contributed by atoms with Gasteiger partial charge in [-0.25, -0.2) is 13.4 Å². The van der Waals surface area contributed by atoms with Crippen molar-refractivity contribution < 1.29 is 13.2 Å². The fraction of sp³-hybridized carbons (Fsp3) is 0.154. The molecule has 0 radical (unpaired) electrons. The lowest BCUT2D eigenvalue weighted by Gasteiger charge is -2.10. The van der Waals surface area contributed by atoms with Crippen molar-refractivity contribution in [1.29, 1.82) is 0 Å². The van der Waals surface area contributed by atoms with E-state index >= 15 is 0 Å². The number of hydrogen-bond donors (Lipinski definition) is 2. The average Bonchev–Trinajstić information content (AvgIpc) is 2.43. The van der Waals surface area contributed by atoms with E-state index in [1.165, 1.54) is 0 Å². The van der Waals surface area contributed by atoms with Crippen LogP contribution in [0.2, 0.25) is 0 Å². The zero-order valence-corrected chi connectivity index (χ0v) is 13.4. The third kappa shape index (κ3) is 4.91. The van der Waals surface area contributed by atoms with Crippen LogP contribution in [0.4, 0.5) is 11.4 Å². The second-order valence-corrected chi connectivity index (χ2v) is 6.77. The summed E-state index contributed by atoms with van der Waals surface area (Å²) in [5.41, 5.74) is 6.57. The fourth-order valence-electron chi connectivity index (χ4n) is 1.51. The van der Waals surface area contributed by atoms with Gasteiger partial charge in [-0.15, -0.1) is 0 Å². The van der Waals surface area contributed by atoms with E-state index in [2.05, 4.69) is 25.6 Å². The normalized spacial score (nSPS) is 11.1. The first kappa shape index (κ1) is 15.6. The topological polar surface area (TPSA) is 94.3 Å². The van der Waals surface area contributed by atoms with Gasteiger partial charge in [-0.3, -0.25) is 4.72 Å². The number of hydrogen-bond acceptors (Lipinski definition) is 5. The molecule has 0 aliphatic rings. The quantitative estimate of drug-likeness (QED) is 0.599. The molecule has 3 N–H and O–H groups in total. The zero-order valence-electron chi connectivity index (χ0n) is 11.0. The summed E-state index contributed by atoms with van der Waals surface area (Å²) in [6, 6.07) is 10.0. The van der Waals surface area contributed by atoms with E-state index in [9.17, 15) is 8.42 Å². The third-order valence-corrected chi connectivity index (χ3v) is 4.39. The maximum Gasteiger partial charge on any atom is 0.236 e. The Morgan fingerprint density at radius 1 is 1.24 bits per heavy atom. The molecule has 0 amide bonds. The number of benzene rings is 1. The molecular formula is C13H14BrN3O3S. The van der Waals surface area contributed by atoms with Gasteiger partial charge in [-0.1, -0.05) is 0 Å². The SMILES string of the molecule is Nc1ccc(OCCS(=O)(=O)Nc2cccnc2Br)cc1. The molecule has 21 heavy (non-hydrogen) atoms. The number of aromatic nitrogens is 1. The minimum absolute atomic E-state index is 0.0388. The lowest BCUT2D eigenvalue weighted by atomic mass is 10.3. The Kier molecular flexibility index (Phi) is 5.03. The van der Waals surface area contributed by atoms with Crippen LogP contribution in [0, 0.1) is 0 Å². The molecule has 112 valence electrons. The predicted octanol–water partition coefficient (Wildman–Crippen LogP) is 2.25. The van der Waals surface area contributed by atoms with Gasteiger partial charge >= 0.3 is 0 Å². The van der Waals surface area contributed by atoms with Gasteiger partial charge in [0.25, 0.3) is 0 Å². The molecule has 0 aliphatic carbocycles. The number of nitrogen functional groups attached to an aromatic ring is 1. The number of rotatable bonds is 6. The number of pyridine rings is 1. The molecule has 0 atom stereocenters. The van der Waals surface area contributed by atoms with Crippen LogP contribution in [0.25, 0.3) is 0 Å². The number of nitrogens with one attached hydrogen (secondary N) is 1. The fourth-order valence-corrected chi connectivity index (χ4v) is 2.90. The van der Waals surface area contributed by atoms with E-state index in [0.717, 1.165) is 0 Å². The Morgan fingerprint density at radius 2 is 1.95 bits per heavy atom. The molecule has 0 saturated heterocycles. The number of anilines is 2. The van der Waals surface area contributed by atoms with Gasteiger partial charge in [0.15, 0.2) is 0 Å². The Morgan fingerprint density at radius 3 is 2.62 bits per heavy atom. The lowest BCUT2D eigenvalue weighted by Crippen LogP contribution is -2.21. The first-order valence-electron chi connectivity index (χ1n) is 6.06. The van der Waals surface area contributed by atoms with Gasteiger partial charge in [0.05, 0.1) is 5.69 Å². The maximum atomic E-state index is 11.9. The van der Waals surface area contributed by atoms with Gasteiger partial charge in [0.2, 0.25) is 10.0 Å². The van der Waals surface area contributed by atoms with Crippen molar-refractivity contribution in [2.45, 2.75) is 0 Å². The van der Waals surface area contributed by atoms with Crippen LogP contribution in [-0.4, -0.2) is 25.8 Å². The van der Waals surface area contributed by atoms with Gasteiger partial charge in [-0.2, -0.15) is 0 Å². The first-order valence-corrected chi connectivity index (χ1v) is 8.50. The van der Waals surface area contributed by atoms with Crippen molar-refractivity contribution in [3.63, 3.8) is 0 Å². The minimum atomic E-state index is -3.51. The van der Waals surface area contributed by atoms with Crippen LogP contribution < -0.4 is 15.2 Å². The molecule has 0 aliphatic heterocycles. The van der Waals surface area contributed by atoms with E-state index in [4.69, 9.17) is 10.5 Å². The van der Waals surface area contributed by atoms with Crippen molar-refractivity contribution in [3.8, 4) is 5.75 Å². The molecule has 2 aromatic rings. The third-order valence-electron chi connectivity index (χ3n) is 2.53. The second-order valence-electron chi connectivity index (χ2n) is 4.18. The van der Waals surface area contributed by atoms with Crippen molar-refractivity contribution >= 4 is 37.3 Å². The highest BCUT2D eigenvalue weighted by molar-refractivity contribution is 9.10. The highest BCUT2D eigenvalue weighted by Gasteiger charge is 2.12. The summed E-state index contributed by atoms with van der Waals surface area (Å²) in [6.07, 6.45) is 1.56. The standard InChI is InChI=1S/C13H14BrN3O3S/c14-13-12(2-1-7-16-13)17-21(18,19)9-8-20-11-5-3-10(15)4-6-11/h1-7,17H,8-9,15H2. The Bertz CT molecular complexity index is 705. The van der Waals surface area contributed by atoms with E-state index in [1.54, 1.807) is 42.6 Å². The molecule has 1 aromatic heterocycles. The van der Waals surface area contributed by atoms with Crippen LogP contribution in [0.5, 0.6) is 5.75 Å². The van der Waals surface area contributed by atoms with E-state index < -0.39 is 10.0 Å². The molecule has 0 unspecified atom stereocenters.